The van der Waals surface area contributed by atoms with Gasteiger partial charge in [0.1, 0.15) is 0 Å². The highest BCUT2D eigenvalue weighted by atomic mass is 35.5. The van der Waals surface area contributed by atoms with E-state index >= 15 is 0 Å². The van der Waals surface area contributed by atoms with Crippen molar-refractivity contribution >= 4 is 58.2 Å². The lowest BCUT2D eigenvalue weighted by atomic mass is 10.1. The van der Waals surface area contributed by atoms with Crippen molar-refractivity contribution in [1.29, 1.82) is 0 Å². The molecule has 0 atom stereocenters. The average molecular weight is 445 g/mol. The van der Waals surface area contributed by atoms with Gasteiger partial charge in [0, 0.05) is 16.1 Å². The molecule has 0 saturated heterocycles. The molecule has 3 aromatic rings. The second-order valence-corrected chi connectivity index (χ2v) is 8.12. The highest BCUT2D eigenvalue weighted by Gasteiger charge is 2.10. The molecule has 0 heterocycles. The Balaban J connectivity index is 1.53. The van der Waals surface area contributed by atoms with Gasteiger partial charge in [0.25, 0.3) is 5.91 Å². The first-order valence-corrected chi connectivity index (χ1v) is 10.5. The lowest BCUT2D eigenvalue weighted by molar-refractivity contribution is -0.113. The molecule has 0 aliphatic heterocycles. The summed E-state index contributed by atoms with van der Waals surface area (Å²) in [6.07, 6.45) is 0. The van der Waals surface area contributed by atoms with E-state index in [4.69, 9.17) is 23.2 Å². The van der Waals surface area contributed by atoms with Crippen LogP contribution in [0.5, 0.6) is 0 Å². The first-order chi connectivity index (χ1) is 13.9. The summed E-state index contributed by atoms with van der Waals surface area (Å²) < 4.78 is 0. The molecule has 3 rings (SSSR count). The third-order valence-electron chi connectivity index (χ3n) is 3.99. The number of benzene rings is 3. The second kappa shape index (κ2) is 9.83. The first kappa shape index (κ1) is 21.2. The quantitative estimate of drug-likeness (QED) is 0.439. The minimum absolute atomic E-state index is 0.160. The van der Waals surface area contributed by atoms with Crippen LogP contribution in [0.25, 0.3) is 0 Å². The van der Waals surface area contributed by atoms with Crippen LogP contribution in [-0.2, 0) is 4.79 Å². The number of amides is 2. The largest absolute Gasteiger partial charge is 0.324 e. The van der Waals surface area contributed by atoms with Crippen LogP contribution in [0.4, 0.5) is 11.4 Å². The number of hydrogen-bond acceptors (Lipinski definition) is 3. The minimum Gasteiger partial charge on any atom is -0.324 e. The van der Waals surface area contributed by atoms with Crippen LogP contribution in [0.3, 0.4) is 0 Å². The predicted octanol–water partition coefficient (Wildman–Crippen LogP) is 6.28. The Kier molecular flexibility index (Phi) is 7.20. The molecule has 2 N–H and O–H groups in total. The number of hydrogen-bond donors (Lipinski definition) is 2. The molecule has 0 bridgehead atoms. The number of rotatable bonds is 6. The van der Waals surface area contributed by atoms with E-state index in [1.807, 2.05) is 49.4 Å². The SMILES string of the molecule is Cc1cccc(C(=O)Nc2ccc(SCC(=O)Nc3cccc(Cl)c3Cl)cc2)c1. The molecular formula is C22H18Cl2N2O2S. The van der Waals surface area contributed by atoms with Gasteiger partial charge < -0.3 is 10.6 Å². The van der Waals surface area contributed by atoms with E-state index < -0.39 is 0 Å². The summed E-state index contributed by atoms with van der Waals surface area (Å²) in [5, 5.41) is 6.33. The van der Waals surface area contributed by atoms with Gasteiger partial charge in [-0.1, -0.05) is 47.0 Å². The van der Waals surface area contributed by atoms with E-state index in [9.17, 15) is 9.59 Å². The molecule has 0 fully saturated rings. The molecule has 0 aliphatic rings. The average Bonchev–Trinajstić information content (AvgIpc) is 2.71. The minimum atomic E-state index is -0.184. The Bertz CT molecular complexity index is 1040. The van der Waals surface area contributed by atoms with Crippen LogP contribution in [0.1, 0.15) is 15.9 Å². The first-order valence-electron chi connectivity index (χ1n) is 8.77. The molecule has 0 spiro atoms. The van der Waals surface area contributed by atoms with E-state index in [0.29, 0.717) is 27.0 Å². The summed E-state index contributed by atoms with van der Waals surface area (Å²) in [7, 11) is 0. The summed E-state index contributed by atoms with van der Waals surface area (Å²) in [6.45, 7) is 1.94. The maximum Gasteiger partial charge on any atom is 0.255 e. The molecule has 0 aliphatic carbocycles. The van der Waals surface area contributed by atoms with Crippen molar-refractivity contribution in [3.63, 3.8) is 0 Å². The summed E-state index contributed by atoms with van der Waals surface area (Å²) in [6, 6.07) is 19.8. The molecule has 0 radical (unpaired) electrons. The summed E-state index contributed by atoms with van der Waals surface area (Å²) in [5.74, 6) is -0.124. The van der Waals surface area contributed by atoms with Gasteiger partial charge in [-0.3, -0.25) is 9.59 Å². The lowest BCUT2D eigenvalue weighted by Gasteiger charge is -2.09. The van der Waals surface area contributed by atoms with Gasteiger partial charge >= 0.3 is 0 Å². The zero-order valence-corrected chi connectivity index (χ0v) is 17.9. The molecular weight excluding hydrogens is 427 g/mol. The van der Waals surface area contributed by atoms with Gasteiger partial charge in [-0.25, -0.2) is 0 Å². The summed E-state index contributed by atoms with van der Waals surface area (Å²) >= 11 is 13.4. The number of carbonyl (C=O) groups excluding carboxylic acids is 2. The number of aryl methyl sites for hydroxylation is 1. The third-order valence-corrected chi connectivity index (χ3v) is 5.82. The molecule has 2 amide bonds. The summed E-state index contributed by atoms with van der Waals surface area (Å²) in [5.41, 5.74) is 2.82. The van der Waals surface area contributed by atoms with Gasteiger partial charge in [-0.2, -0.15) is 0 Å². The molecule has 0 saturated carbocycles. The Morgan fingerprint density at radius 3 is 2.38 bits per heavy atom. The fourth-order valence-electron chi connectivity index (χ4n) is 2.56. The number of carbonyl (C=O) groups is 2. The Morgan fingerprint density at radius 2 is 1.66 bits per heavy atom. The topological polar surface area (TPSA) is 58.2 Å². The van der Waals surface area contributed by atoms with E-state index in [0.717, 1.165) is 10.5 Å². The monoisotopic (exact) mass is 444 g/mol. The van der Waals surface area contributed by atoms with Gasteiger partial charge in [0.15, 0.2) is 0 Å². The normalized spacial score (nSPS) is 10.4. The van der Waals surface area contributed by atoms with Crippen molar-refractivity contribution in [1.82, 2.24) is 0 Å². The number of halogens is 2. The zero-order chi connectivity index (χ0) is 20.8. The smallest absolute Gasteiger partial charge is 0.255 e. The van der Waals surface area contributed by atoms with Gasteiger partial charge in [-0.15, -0.1) is 11.8 Å². The Labute approximate surface area is 183 Å². The van der Waals surface area contributed by atoms with Crippen LogP contribution in [0.2, 0.25) is 10.0 Å². The van der Waals surface area contributed by atoms with Crippen LogP contribution in [0.15, 0.2) is 71.6 Å². The maximum atomic E-state index is 12.3. The van der Waals surface area contributed by atoms with Crippen molar-refractivity contribution in [2.45, 2.75) is 11.8 Å². The van der Waals surface area contributed by atoms with Crippen molar-refractivity contribution < 1.29 is 9.59 Å². The third kappa shape index (κ3) is 6.00. The van der Waals surface area contributed by atoms with Crippen LogP contribution < -0.4 is 10.6 Å². The van der Waals surface area contributed by atoms with Crippen molar-refractivity contribution in [3.8, 4) is 0 Å². The lowest BCUT2D eigenvalue weighted by Crippen LogP contribution is -2.14. The number of thioether (sulfide) groups is 1. The molecule has 3 aromatic carbocycles. The standard InChI is InChI=1S/C22H18Cl2N2O2S/c1-14-4-2-5-15(12-14)22(28)25-16-8-10-17(11-9-16)29-13-20(27)26-19-7-3-6-18(23)21(19)24/h2-12H,13H2,1H3,(H,25,28)(H,26,27). The zero-order valence-electron chi connectivity index (χ0n) is 15.5. The fraction of sp³-hybridized carbons (Fsp3) is 0.0909. The van der Waals surface area contributed by atoms with E-state index in [-0.39, 0.29) is 17.6 Å². The number of anilines is 2. The van der Waals surface area contributed by atoms with Gasteiger partial charge in [0.05, 0.1) is 21.5 Å². The van der Waals surface area contributed by atoms with Crippen LogP contribution in [-0.4, -0.2) is 17.6 Å². The molecule has 0 unspecified atom stereocenters. The maximum absolute atomic E-state index is 12.3. The van der Waals surface area contributed by atoms with E-state index in [1.165, 1.54) is 11.8 Å². The predicted molar refractivity (Wildman–Crippen MR) is 121 cm³/mol. The molecule has 7 heteroatoms. The fourth-order valence-corrected chi connectivity index (χ4v) is 3.61. The highest BCUT2D eigenvalue weighted by Crippen LogP contribution is 2.30. The van der Waals surface area contributed by atoms with E-state index in [1.54, 1.807) is 24.3 Å². The van der Waals surface area contributed by atoms with Crippen LogP contribution >= 0.6 is 35.0 Å². The Morgan fingerprint density at radius 1 is 0.931 bits per heavy atom. The number of nitrogens with one attached hydrogen (secondary N) is 2. The van der Waals surface area contributed by atoms with Crippen molar-refractivity contribution in [2.24, 2.45) is 0 Å². The molecule has 0 aromatic heterocycles. The summed E-state index contributed by atoms with van der Waals surface area (Å²) in [4.78, 5) is 25.4. The highest BCUT2D eigenvalue weighted by molar-refractivity contribution is 8.00. The van der Waals surface area contributed by atoms with E-state index in [2.05, 4.69) is 10.6 Å². The molecule has 29 heavy (non-hydrogen) atoms. The van der Waals surface area contributed by atoms with Crippen molar-refractivity contribution in [2.75, 3.05) is 16.4 Å². The van der Waals surface area contributed by atoms with Gasteiger partial charge in [0.2, 0.25) is 5.91 Å². The van der Waals surface area contributed by atoms with Gasteiger partial charge in [-0.05, 0) is 55.5 Å². The molecule has 148 valence electrons. The Hall–Kier alpha value is -2.47. The molecule has 4 nitrogen and oxygen atoms in total. The second-order valence-electron chi connectivity index (χ2n) is 6.29. The van der Waals surface area contributed by atoms with Crippen LogP contribution in [0, 0.1) is 6.92 Å². The van der Waals surface area contributed by atoms with Crippen molar-refractivity contribution in [3.05, 3.63) is 87.9 Å².